The molecule has 0 atom stereocenters. The van der Waals surface area contributed by atoms with E-state index in [4.69, 9.17) is 26.1 Å². The maximum atomic E-state index is 12.4. The van der Waals surface area contributed by atoms with Crippen molar-refractivity contribution in [3.63, 3.8) is 0 Å². The quantitative estimate of drug-likeness (QED) is 0.173. The van der Waals surface area contributed by atoms with Gasteiger partial charge in [-0.05, 0) is 67.6 Å². The van der Waals surface area contributed by atoms with Crippen LogP contribution in [0.2, 0.25) is 5.02 Å². The number of ether oxygens (including phenoxy) is 2. The van der Waals surface area contributed by atoms with Crippen LogP contribution in [0.5, 0.6) is 11.5 Å². The molecule has 9 nitrogen and oxygen atoms in total. The van der Waals surface area contributed by atoms with Gasteiger partial charge in [-0.2, -0.15) is 0 Å². The number of imidazole rings is 1. The van der Waals surface area contributed by atoms with Crippen molar-refractivity contribution >= 4 is 34.4 Å². The summed E-state index contributed by atoms with van der Waals surface area (Å²) in [5.74, 6) is 2.16. The number of amides is 1. The molecule has 0 unspecified atom stereocenters. The van der Waals surface area contributed by atoms with Crippen LogP contribution in [-0.2, 0) is 11.3 Å². The summed E-state index contributed by atoms with van der Waals surface area (Å²) in [6.45, 7) is 2.94. The first-order valence-electron chi connectivity index (χ1n) is 15.7. The second-order valence-corrected chi connectivity index (χ2v) is 12.3. The highest BCUT2D eigenvalue weighted by molar-refractivity contribution is 6.34. The Labute approximate surface area is 263 Å². The summed E-state index contributed by atoms with van der Waals surface area (Å²) in [6.07, 6.45) is 10.7. The highest BCUT2D eigenvalue weighted by Gasteiger charge is 2.22. The Bertz CT molecular complexity index is 1530. The van der Waals surface area contributed by atoms with Crippen LogP contribution in [0.4, 0.5) is 5.69 Å². The van der Waals surface area contributed by atoms with Crippen molar-refractivity contribution in [2.45, 2.75) is 70.0 Å². The molecule has 2 fully saturated rings. The minimum absolute atomic E-state index is 0.0122. The van der Waals surface area contributed by atoms with Gasteiger partial charge in [-0.1, -0.05) is 49.4 Å². The number of methoxy groups -OCH3 is 1. The molecule has 2 aliphatic rings. The minimum atomic E-state index is -0.0656. The van der Waals surface area contributed by atoms with Crippen LogP contribution in [0.25, 0.3) is 22.6 Å². The molecule has 232 valence electrons. The molecule has 3 heterocycles. The second-order valence-electron chi connectivity index (χ2n) is 11.9. The molecule has 2 aromatic carbocycles. The molecule has 1 aliphatic carbocycles. The van der Waals surface area contributed by atoms with Crippen molar-refractivity contribution in [2.24, 2.45) is 0 Å². The summed E-state index contributed by atoms with van der Waals surface area (Å²) in [4.78, 5) is 27.5. The van der Waals surface area contributed by atoms with Crippen LogP contribution in [0, 0.1) is 0 Å². The van der Waals surface area contributed by atoms with Crippen molar-refractivity contribution in [1.82, 2.24) is 25.2 Å². The fraction of sp³-hybridized carbons (Fsp3) is 0.441. The van der Waals surface area contributed by atoms with Crippen LogP contribution in [0.3, 0.4) is 0 Å². The molecule has 3 N–H and O–H groups in total. The Kier molecular flexibility index (Phi) is 9.83. The molecular formula is C34H41ClN6O3. The number of halogens is 1. The zero-order valence-corrected chi connectivity index (χ0v) is 26.0. The third-order valence-electron chi connectivity index (χ3n) is 8.69. The van der Waals surface area contributed by atoms with Crippen molar-refractivity contribution in [3.8, 4) is 22.9 Å². The predicted molar refractivity (Wildman–Crippen MR) is 174 cm³/mol. The van der Waals surface area contributed by atoms with Crippen LogP contribution < -0.4 is 20.1 Å². The van der Waals surface area contributed by atoms with Gasteiger partial charge in [-0.3, -0.25) is 9.69 Å². The summed E-state index contributed by atoms with van der Waals surface area (Å²) in [6, 6.07) is 16.4. The van der Waals surface area contributed by atoms with E-state index in [2.05, 4.69) is 37.6 Å². The zero-order valence-electron chi connectivity index (χ0n) is 25.3. The highest BCUT2D eigenvalue weighted by atomic mass is 35.5. The van der Waals surface area contributed by atoms with E-state index in [9.17, 15) is 4.79 Å². The number of fused-ring (bicyclic) bond motifs is 1. The number of nitrogens with zero attached hydrogens (tertiary/aromatic N) is 3. The van der Waals surface area contributed by atoms with Crippen molar-refractivity contribution in [1.29, 1.82) is 0 Å². The Balaban J connectivity index is 1.04. The highest BCUT2D eigenvalue weighted by Crippen LogP contribution is 2.32. The average Bonchev–Trinajstić information content (AvgIpc) is 3.32. The topological polar surface area (TPSA) is 104 Å². The summed E-state index contributed by atoms with van der Waals surface area (Å²) in [7, 11) is 1.69. The van der Waals surface area contributed by atoms with E-state index in [-0.39, 0.29) is 18.6 Å². The number of pyridine rings is 1. The number of anilines is 1. The smallest absolute Gasteiger partial charge is 0.258 e. The Morgan fingerprint density at radius 2 is 1.66 bits per heavy atom. The van der Waals surface area contributed by atoms with Crippen LogP contribution in [0.1, 0.15) is 56.9 Å². The first-order valence-corrected chi connectivity index (χ1v) is 16.1. The average molecular weight is 617 g/mol. The van der Waals surface area contributed by atoms with Gasteiger partial charge in [0.1, 0.15) is 22.8 Å². The van der Waals surface area contributed by atoms with E-state index in [1.165, 1.54) is 31.2 Å². The third-order valence-corrected chi connectivity index (χ3v) is 8.98. The van der Waals surface area contributed by atoms with E-state index in [0.717, 1.165) is 67.8 Å². The van der Waals surface area contributed by atoms with E-state index < -0.39 is 0 Å². The Morgan fingerprint density at radius 1 is 0.955 bits per heavy atom. The maximum Gasteiger partial charge on any atom is 0.258 e. The van der Waals surface area contributed by atoms with E-state index in [0.29, 0.717) is 28.3 Å². The number of piperidine rings is 1. The van der Waals surface area contributed by atoms with Gasteiger partial charge in [-0.15, -0.1) is 0 Å². The standard InChI is InChI=1S/C34H41ClN6O3/c1-43-27-12-8-23(9-13-27)21-41-18-16-26(17-19-41)38-31-29(35)20-36-34-32(31)39-33(40-34)24-10-14-28(15-11-24)44-22-30(42)37-25-6-4-2-3-5-7-25/h8-15,20,25-26H,2-7,16-19,21-22H2,1H3,(H,37,42)(H2,36,38,39,40). The molecule has 44 heavy (non-hydrogen) atoms. The molecule has 4 aromatic rings. The molecule has 1 saturated heterocycles. The molecule has 1 aliphatic heterocycles. The molecule has 0 radical (unpaired) electrons. The van der Waals surface area contributed by atoms with Crippen molar-refractivity contribution in [2.75, 3.05) is 32.1 Å². The van der Waals surface area contributed by atoms with Gasteiger partial charge < -0.3 is 25.1 Å². The van der Waals surface area contributed by atoms with E-state index in [1.54, 1.807) is 13.3 Å². The SMILES string of the molecule is COc1ccc(CN2CCC(Nc3c(Cl)cnc4nc(-c5ccc(OCC(=O)NC6CCCCCC6)cc5)[nH]c34)CC2)cc1. The molecule has 2 aromatic heterocycles. The normalized spacial score (nSPS) is 16.9. The number of H-pyrrole nitrogens is 1. The number of carbonyl (C=O) groups excluding carboxylic acids is 1. The first-order chi connectivity index (χ1) is 21.5. The molecule has 6 rings (SSSR count). The third kappa shape index (κ3) is 7.63. The zero-order chi connectivity index (χ0) is 30.3. The minimum Gasteiger partial charge on any atom is -0.497 e. The van der Waals surface area contributed by atoms with Gasteiger partial charge in [0.05, 0.1) is 24.0 Å². The summed E-state index contributed by atoms with van der Waals surface area (Å²) in [5.41, 5.74) is 4.43. The molecule has 1 amide bonds. The number of likely N-dealkylation sites (tertiary alicyclic amines) is 1. The van der Waals surface area contributed by atoms with Gasteiger partial charge in [0.25, 0.3) is 5.91 Å². The van der Waals surface area contributed by atoms with E-state index in [1.807, 2.05) is 36.4 Å². The van der Waals surface area contributed by atoms with Gasteiger partial charge in [-0.25, -0.2) is 9.97 Å². The summed E-state index contributed by atoms with van der Waals surface area (Å²) < 4.78 is 11.0. The largest absolute Gasteiger partial charge is 0.497 e. The van der Waals surface area contributed by atoms with Gasteiger partial charge >= 0.3 is 0 Å². The number of rotatable bonds is 10. The maximum absolute atomic E-state index is 12.4. The van der Waals surface area contributed by atoms with Crippen molar-refractivity contribution < 1.29 is 14.3 Å². The fourth-order valence-corrected chi connectivity index (χ4v) is 6.39. The number of hydrogen-bond donors (Lipinski definition) is 3. The number of aromatic amines is 1. The number of hydrogen-bond acceptors (Lipinski definition) is 7. The monoisotopic (exact) mass is 616 g/mol. The number of nitrogens with one attached hydrogen (secondary N) is 3. The molecule has 1 saturated carbocycles. The lowest BCUT2D eigenvalue weighted by Gasteiger charge is -2.33. The molecule has 0 spiro atoms. The lowest BCUT2D eigenvalue weighted by Crippen LogP contribution is -2.38. The lowest BCUT2D eigenvalue weighted by atomic mass is 10.0. The first kappa shape index (κ1) is 30.2. The van der Waals surface area contributed by atoms with Gasteiger partial charge in [0, 0.05) is 37.3 Å². The second kappa shape index (κ2) is 14.3. The molecular weight excluding hydrogens is 576 g/mol. The Morgan fingerprint density at radius 3 is 2.36 bits per heavy atom. The van der Waals surface area contributed by atoms with Gasteiger partial charge in [0.2, 0.25) is 0 Å². The predicted octanol–water partition coefficient (Wildman–Crippen LogP) is 6.58. The van der Waals surface area contributed by atoms with Crippen LogP contribution >= 0.6 is 11.6 Å². The van der Waals surface area contributed by atoms with Gasteiger partial charge in [0.15, 0.2) is 12.3 Å². The Hall–Kier alpha value is -3.82. The summed E-state index contributed by atoms with van der Waals surface area (Å²) >= 11 is 6.65. The van der Waals surface area contributed by atoms with Crippen LogP contribution in [-0.4, -0.2) is 64.6 Å². The van der Waals surface area contributed by atoms with E-state index >= 15 is 0 Å². The molecule has 0 bridgehead atoms. The van der Waals surface area contributed by atoms with Crippen LogP contribution in [0.15, 0.2) is 54.7 Å². The molecule has 10 heteroatoms. The van der Waals surface area contributed by atoms with Crippen molar-refractivity contribution in [3.05, 3.63) is 65.3 Å². The lowest BCUT2D eigenvalue weighted by molar-refractivity contribution is -0.123. The number of aromatic nitrogens is 3. The summed E-state index contributed by atoms with van der Waals surface area (Å²) in [5, 5.41) is 7.38. The fourth-order valence-electron chi connectivity index (χ4n) is 6.19. The number of carbonyl (C=O) groups is 1. The number of benzene rings is 2.